The molecule has 4 rings (SSSR count). The fourth-order valence-electron chi connectivity index (χ4n) is 4.93. The van der Waals surface area contributed by atoms with Crippen molar-refractivity contribution < 1.29 is 18.0 Å². The van der Waals surface area contributed by atoms with Gasteiger partial charge < -0.3 is 10.2 Å². The fraction of sp³-hybridized carbons (Fsp3) is 0.667. The second-order valence-corrected chi connectivity index (χ2v) is 11.7. The normalized spacial score (nSPS) is 20.8. The zero-order valence-electron chi connectivity index (χ0n) is 19.8. The Bertz CT molecular complexity index is 978. The van der Waals surface area contributed by atoms with E-state index in [4.69, 9.17) is 0 Å². The Morgan fingerprint density at radius 3 is 2.33 bits per heavy atom. The third kappa shape index (κ3) is 5.58. The molecule has 0 bridgehead atoms. The molecule has 2 amide bonds. The van der Waals surface area contributed by atoms with Gasteiger partial charge in [0.1, 0.15) is 0 Å². The molecule has 2 fully saturated rings. The number of carbonyl (C=O) groups is 2. The van der Waals surface area contributed by atoms with Crippen molar-refractivity contribution in [1.29, 1.82) is 0 Å². The van der Waals surface area contributed by atoms with E-state index in [9.17, 15) is 18.0 Å². The van der Waals surface area contributed by atoms with Crippen LogP contribution in [0.5, 0.6) is 0 Å². The van der Waals surface area contributed by atoms with Crippen LogP contribution in [0.4, 0.5) is 0 Å². The predicted molar refractivity (Wildman–Crippen MR) is 126 cm³/mol. The average molecular weight is 477 g/mol. The number of sulfonamides is 1. The van der Waals surface area contributed by atoms with Crippen molar-refractivity contribution in [2.24, 2.45) is 5.92 Å². The maximum atomic E-state index is 13.1. The molecule has 3 aliphatic rings. The summed E-state index contributed by atoms with van der Waals surface area (Å²) in [6.07, 6.45) is 4.75. The summed E-state index contributed by atoms with van der Waals surface area (Å²) in [5.74, 6) is 0.112. The molecule has 0 unspecified atom stereocenters. The van der Waals surface area contributed by atoms with E-state index in [1.165, 1.54) is 9.87 Å². The third-order valence-corrected chi connectivity index (χ3v) is 9.01. The van der Waals surface area contributed by atoms with Gasteiger partial charge in [0.25, 0.3) is 0 Å². The number of aryl methyl sites for hydroxylation is 2. The van der Waals surface area contributed by atoms with Gasteiger partial charge in [-0.1, -0.05) is 19.9 Å². The average Bonchev–Trinajstić information content (AvgIpc) is 3.28. The van der Waals surface area contributed by atoms with Gasteiger partial charge in [0, 0.05) is 51.2 Å². The van der Waals surface area contributed by atoms with Crippen molar-refractivity contribution in [3.63, 3.8) is 0 Å². The highest BCUT2D eigenvalue weighted by molar-refractivity contribution is 7.89. The predicted octanol–water partition coefficient (Wildman–Crippen LogP) is 1.24. The van der Waals surface area contributed by atoms with Crippen molar-refractivity contribution in [1.82, 2.24) is 19.4 Å². The molecule has 0 atom stereocenters. The van der Waals surface area contributed by atoms with Crippen LogP contribution in [0.1, 0.15) is 44.2 Å². The molecule has 182 valence electrons. The monoisotopic (exact) mass is 476 g/mol. The van der Waals surface area contributed by atoms with E-state index >= 15 is 0 Å². The van der Waals surface area contributed by atoms with Gasteiger partial charge >= 0.3 is 0 Å². The Labute approximate surface area is 197 Å². The largest absolute Gasteiger partial charge is 0.353 e. The quantitative estimate of drug-likeness (QED) is 0.667. The molecule has 8 nitrogen and oxygen atoms in total. The second-order valence-electron chi connectivity index (χ2n) is 9.78. The minimum atomic E-state index is -3.53. The van der Waals surface area contributed by atoms with Crippen molar-refractivity contribution in [3.8, 4) is 0 Å². The highest BCUT2D eigenvalue weighted by Gasteiger charge is 2.32. The molecule has 0 saturated carbocycles. The van der Waals surface area contributed by atoms with E-state index in [-0.39, 0.29) is 23.8 Å². The number of piperidine rings is 1. The number of fused-ring (bicyclic) bond motifs is 1. The molecule has 2 aliphatic heterocycles. The second kappa shape index (κ2) is 10.1. The molecule has 9 heteroatoms. The molecular formula is C24H36N4O4S. The number of nitrogens with one attached hydrogen (secondary N) is 1. The van der Waals surface area contributed by atoms with Gasteiger partial charge in [0.05, 0.1) is 11.4 Å². The molecule has 2 saturated heterocycles. The Morgan fingerprint density at radius 1 is 1.00 bits per heavy atom. The minimum absolute atomic E-state index is 0.0187. The van der Waals surface area contributed by atoms with Gasteiger partial charge in [-0.2, -0.15) is 4.31 Å². The molecule has 1 N–H and O–H groups in total. The number of rotatable bonds is 6. The lowest BCUT2D eigenvalue weighted by Crippen LogP contribution is -2.53. The number of likely N-dealkylation sites (tertiary alicyclic amines) is 1. The summed E-state index contributed by atoms with van der Waals surface area (Å²) in [5.41, 5.74) is 2.41. The van der Waals surface area contributed by atoms with E-state index in [1.54, 1.807) is 11.0 Å². The van der Waals surface area contributed by atoms with E-state index in [2.05, 4.69) is 10.2 Å². The maximum absolute atomic E-state index is 13.1. The fourth-order valence-corrected chi connectivity index (χ4v) is 6.40. The topological polar surface area (TPSA) is 90.0 Å². The zero-order valence-corrected chi connectivity index (χ0v) is 20.6. The molecule has 1 aromatic carbocycles. The summed E-state index contributed by atoms with van der Waals surface area (Å²) in [5, 5.41) is 3.08. The zero-order chi connectivity index (χ0) is 23.6. The molecule has 0 aromatic heterocycles. The number of hydrogen-bond acceptors (Lipinski definition) is 5. The Hall–Kier alpha value is -1.97. The molecule has 0 radical (unpaired) electrons. The maximum Gasteiger partial charge on any atom is 0.243 e. The van der Waals surface area contributed by atoms with Gasteiger partial charge in [-0.15, -0.1) is 0 Å². The van der Waals surface area contributed by atoms with Crippen LogP contribution in [-0.4, -0.2) is 86.2 Å². The molecule has 2 heterocycles. The van der Waals surface area contributed by atoms with Crippen LogP contribution in [0.3, 0.4) is 0 Å². The lowest BCUT2D eigenvalue weighted by Gasteiger charge is -2.37. The molecule has 1 aromatic rings. The van der Waals surface area contributed by atoms with Crippen molar-refractivity contribution >= 4 is 21.8 Å². The number of nitrogens with zero attached hydrogens (tertiary/aromatic N) is 3. The van der Waals surface area contributed by atoms with Crippen LogP contribution in [0.15, 0.2) is 23.1 Å². The minimum Gasteiger partial charge on any atom is -0.353 e. The van der Waals surface area contributed by atoms with E-state index < -0.39 is 10.0 Å². The van der Waals surface area contributed by atoms with Gasteiger partial charge in [-0.3, -0.25) is 14.5 Å². The molecular weight excluding hydrogens is 440 g/mol. The Morgan fingerprint density at radius 2 is 1.67 bits per heavy atom. The van der Waals surface area contributed by atoms with Gasteiger partial charge in [0.15, 0.2) is 0 Å². The molecule has 1 aliphatic carbocycles. The highest BCUT2D eigenvalue weighted by Crippen LogP contribution is 2.26. The first-order valence-electron chi connectivity index (χ1n) is 12.2. The van der Waals surface area contributed by atoms with Crippen LogP contribution < -0.4 is 5.32 Å². The summed E-state index contributed by atoms with van der Waals surface area (Å²) in [7, 11) is -3.53. The SMILES string of the molecule is CC(C)C(=O)NC1CCN(CC(=O)N2CCN(S(=O)(=O)c3ccc4c(c3)CCC4)CC2)CC1. The van der Waals surface area contributed by atoms with Crippen LogP contribution in [0.25, 0.3) is 0 Å². The van der Waals surface area contributed by atoms with Gasteiger partial charge in [-0.25, -0.2) is 8.42 Å². The van der Waals surface area contributed by atoms with Crippen LogP contribution in [-0.2, 0) is 32.5 Å². The summed E-state index contributed by atoms with van der Waals surface area (Å²) in [4.78, 5) is 29.0. The van der Waals surface area contributed by atoms with Gasteiger partial charge in [-0.05, 0) is 55.4 Å². The summed E-state index contributed by atoms with van der Waals surface area (Å²) in [6, 6.07) is 5.69. The van der Waals surface area contributed by atoms with E-state index in [1.807, 2.05) is 26.0 Å². The van der Waals surface area contributed by atoms with Gasteiger partial charge in [0.2, 0.25) is 21.8 Å². The lowest BCUT2D eigenvalue weighted by atomic mass is 10.0. The lowest BCUT2D eigenvalue weighted by molar-refractivity contribution is -0.134. The molecule has 33 heavy (non-hydrogen) atoms. The van der Waals surface area contributed by atoms with Crippen LogP contribution in [0.2, 0.25) is 0 Å². The summed E-state index contributed by atoms with van der Waals surface area (Å²) in [6.45, 7) is 7.18. The van der Waals surface area contributed by atoms with Crippen molar-refractivity contribution in [2.75, 3.05) is 45.8 Å². The number of benzene rings is 1. The first-order valence-corrected chi connectivity index (χ1v) is 13.6. The van der Waals surface area contributed by atoms with Crippen molar-refractivity contribution in [3.05, 3.63) is 29.3 Å². The van der Waals surface area contributed by atoms with Crippen molar-refractivity contribution in [2.45, 2.75) is 56.9 Å². The summed E-state index contributed by atoms with van der Waals surface area (Å²) >= 11 is 0. The number of piperazine rings is 1. The van der Waals surface area contributed by atoms with Crippen LogP contribution in [0, 0.1) is 5.92 Å². The van der Waals surface area contributed by atoms with Crippen LogP contribution >= 0.6 is 0 Å². The standard InChI is InChI=1S/C24H36N4O4S/c1-18(2)24(30)25-21-8-10-26(11-9-21)17-23(29)27-12-14-28(15-13-27)33(31,32)22-7-6-19-4-3-5-20(19)16-22/h6-7,16,18,21H,3-5,8-15,17H2,1-2H3,(H,25,30). The summed E-state index contributed by atoms with van der Waals surface area (Å²) < 4.78 is 27.7. The van der Waals surface area contributed by atoms with E-state index in [0.717, 1.165) is 50.8 Å². The number of hydrogen-bond donors (Lipinski definition) is 1. The third-order valence-electron chi connectivity index (χ3n) is 7.12. The number of carbonyl (C=O) groups excluding carboxylic acids is 2. The Balaban J connectivity index is 1.24. The van der Waals surface area contributed by atoms with E-state index in [0.29, 0.717) is 37.6 Å². The first kappa shape index (κ1) is 24.2. The number of amides is 2. The Kier molecular flexibility index (Phi) is 7.40. The smallest absolute Gasteiger partial charge is 0.243 e. The molecule has 0 spiro atoms. The first-order chi connectivity index (χ1) is 15.7. The highest BCUT2D eigenvalue weighted by atomic mass is 32.2.